The molecule has 1 aliphatic heterocycles. The highest BCUT2D eigenvalue weighted by Crippen LogP contribution is 2.23. The number of carbonyl (C=O) groups excluding carboxylic acids is 1. The summed E-state index contributed by atoms with van der Waals surface area (Å²) in [6, 6.07) is 14.0. The van der Waals surface area contributed by atoms with Gasteiger partial charge in [0.15, 0.2) is 0 Å². The molecule has 8 nitrogen and oxygen atoms in total. The summed E-state index contributed by atoms with van der Waals surface area (Å²) in [5.41, 5.74) is 2.75. The zero-order valence-electron chi connectivity index (χ0n) is 18.9. The van der Waals surface area contributed by atoms with Gasteiger partial charge in [0.05, 0.1) is 31.0 Å². The number of aromatic nitrogens is 3. The van der Waals surface area contributed by atoms with Gasteiger partial charge in [-0.2, -0.15) is 5.10 Å². The summed E-state index contributed by atoms with van der Waals surface area (Å²) in [7, 11) is 1.78. The van der Waals surface area contributed by atoms with Crippen molar-refractivity contribution < 1.29 is 13.9 Å². The fourth-order valence-corrected chi connectivity index (χ4v) is 4.02. The normalized spacial score (nSPS) is 16.2. The molecule has 2 atom stereocenters. The molecule has 0 aliphatic carbocycles. The zero-order valence-corrected chi connectivity index (χ0v) is 18.9. The van der Waals surface area contributed by atoms with Crippen LogP contribution in [-0.4, -0.2) is 70.5 Å². The van der Waals surface area contributed by atoms with E-state index in [1.165, 1.54) is 18.5 Å². The van der Waals surface area contributed by atoms with Crippen molar-refractivity contribution in [1.29, 1.82) is 0 Å². The van der Waals surface area contributed by atoms with Gasteiger partial charge in [0, 0.05) is 26.7 Å². The van der Waals surface area contributed by atoms with Crippen LogP contribution < -0.4 is 5.32 Å². The van der Waals surface area contributed by atoms with Gasteiger partial charge in [0.1, 0.15) is 18.5 Å². The quantitative estimate of drug-likeness (QED) is 0.596. The molecule has 2 amide bonds. The van der Waals surface area contributed by atoms with Crippen molar-refractivity contribution in [1.82, 2.24) is 29.9 Å². The summed E-state index contributed by atoms with van der Waals surface area (Å²) in [4.78, 5) is 20.8. The van der Waals surface area contributed by atoms with Gasteiger partial charge in [-0.25, -0.2) is 18.9 Å². The smallest absolute Gasteiger partial charge is 0.317 e. The first-order chi connectivity index (χ1) is 16.0. The number of hydrogen-bond donors (Lipinski definition) is 1. The predicted molar refractivity (Wildman–Crippen MR) is 122 cm³/mol. The maximum atomic E-state index is 13.9. The molecular formula is C24H29FN6O2. The van der Waals surface area contributed by atoms with E-state index in [-0.39, 0.29) is 23.9 Å². The first-order valence-electron chi connectivity index (χ1n) is 11.1. The number of benzene rings is 2. The number of rotatable bonds is 7. The number of ether oxygens (including phenoxy) is 1. The SMILES string of the molecule is CC(c1ccc(-n2cncn2)cc1)N(C)C(=O)NCC(c1cccc(F)c1)N1CCOCC1. The van der Waals surface area contributed by atoms with Gasteiger partial charge < -0.3 is 15.0 Å². The average molecular weight is 453 g/mol. The number of amides is 2. The molecule has 0 radical (unpaired) electrons. The highest BCUT2D eigenvalue weighted by atomic mass is 19.1. The first kappa shape index (κ1) is 22.9. The summed E-state index contributed by atoms with van der Waals surface area (Å²) in [5, 5.41) is 7.17. The monoisotopic (exact) mass is 452 g/mol. The lowest BCUT2D eigenvalue weighted by molar-refractivity contribution is 0.0164. The lowest BCUT2D eigenvalue weighted by Gasteiger charge is -2.35. The fraction of sp³-hybridized carbons (Fsp3) is 0.375. The molecule has 0 bridgehead atoms. The van der Waals surface area contributed by atoms with E-state index in [0.717, 1.165) is 29.9 Å². The summed E-state index contributed by atoms with van der Waals surface area (Å²) in [6.45, 7) is 5.09. The van der Waals surface area contributed by atoms with Crippen molar-refractivity contribution in [2.24, 2.45) is 0 Å². The first-order valence-corrected chi connectivity index (χ1v) is 11.1. The van der Waals surface area contributed by atoms with E-state index < -0.39 is 0 Å². The van der Waals surface area contributed by atoms with E-state index in [9.17, 15) is 9.18 Å². The molecule has 1 saturated heterocycles. The van der Waals surface area contributed by atoms with Gasteiger partial charge in [-0.15, -0.1) is 0 Å². The van der Waals surface area contributed by atoms with Crippen LogP contribution in [0.1, 0.15) is 30.1 Å². The molecule has 1 aliphatic rings. The molecule has 1 fully saturated rings. The van der Waals surface area contributed by atoms with Crippen molar-refractivity contribution in [2.75, 3.05) is 39.9 Å². The van der Waals surface area contributed by atoms with Gasteiger partial charge in [-0.05, 0) is 42.3 Å². The standard InChI is InChI=1S/C24H29FN6O2/c1-18(19-6-8-22(9-7-19)31-17-26-16-28-31)29(2)24(32)27-15-23(30-10-12-33-13-11-30)20-4-3-5-21(25)14-20/h3-9,14,16-18,23H,10-13,15H2,1-2H3,(H,27,32). The molecule has 0 saturated carbocycles. The lowest BCUT2D eigenvalue weighted by Crippen LogP contribution is -2.46. The molecule has 2 heterocycles. The van der Waals surface area contributed by atoms with Crippen molar-refractivity contribution in [3.63, 3.8) is 0 Å². The Labute approximate surface area is 193 Å². The third kappa shape index (κ3) is 5.55. The minimum atomic E-state index is -0.280. The van der Waals surface area contributed by atoms with Gasteiger partial charge in [-0.1, -0.05) is 24.3 Å². The molecule has 33 heavy (non-hydrogen) atoms. The Kier molecular flexibility index (Phi) is 7.31. The fourth-order valence-electron chi connectivity index (χ4n) is 4.02. The van der Waals surface area contributed by atoms with Crippen LogP contribution in [0.25, 0.3) is 5.69 Å². The van der Waals surface area contributed by atoms with Crippen molar-refractivity contribution in [3.05, 3.63) is 78.1 Å². The molecule has 174 valence electrons. The summed E-state index contributed by atoms with van der Waals surface area (Å²) < 4.78 is 21.0. The molecule has 4 rings (SSSR count). The zero-order chi connectivity index (χ0) is 23.2. The summed E-state index contributed by atoms with van der Waals surface area (Å²) >= 11 is 0. The number of carbonyl (C=O) groups is 1. The Morgan fingerprint density at radius 3 is 2.61 bits per heavy atom. The number of halogens is 1. The Morgan fingerprint density at radius 1 is 1.18 bits per heavy atom. The van der Waals surface area contributed by atoms with Crippen LogP contribution in [0.5, 0.6) is 0 Å². The molecule has 1 aromatic heterocycles. The predicted octanol–water partition coefficient (Wildman–Crippen LogP) is 3.18. The van der Waals surface area contributed by atoms with E-state index >= 15 is 0 Å². The topological polar surface area (TPSA) is 75.5 Å². The van der Waals surface area contributed by atoms with E-state index in [0.29, 0.717) is 19.8 Å². The number of nitrogens with one attached hydrogen (secondary N) is 1. The van der Waals surface area contributed by atoms with Crippen molar-refractivity contribution in [3.8, 4) is 5.69 Å². The maximum absolute atomic E-state index is 13.9. The Hall–Kier alpha value is -3.30. The number of nitrogens with zero attached hydrogens (tertiary/aromatic N) is 5. The highest BCUT2D eigenvalue weighted by Gasteiger charge is 2.25. The van der Waals surface area contributed by atoms with Crippen LogP contribution in [0, 0.1) is 5.82 Å². The van der Waals surface area contributed by atoms with Gasteiger partial charge in [-0.3, -0.25) is 4.90 Å². The molecule has 2 unspecified atom stereocenters. The summed E-state index contributed by atoms with van der Waals surface area (Å²) in [5.74, 6) is -0.280. The third-order valence-corrected chi connectivity index (χ3v) is 6.13. The van der Waals surface area contributed by atoms with Crippen LogP contribution in [0.4, 0.5) is 9.18 Å². The number of urea groups is 1. The second-order valence-corrected chi connectivity index (χ2v) is 8.12. The van der Waals surface area contributed by atoms with Gasteiger partial charge in [0.2, 0.25) is 0 Å². The average Bonchev–Trinajstić information content (AvgIpc) is 3.39. The van der Waals surface area contributed by atoms with E-state index in [1.54, 1.807) is 29.0 Å². The van der Waals surface area contributed by atoms with Gasteiger partial charge >= 0.3 is 6.03 Å². The van der Waals surface area contributed by atoms with E-state index in [2.05, 4.69) is 20.3 Å². The Balaban J connectivity index is 1.41. The highest BCUT2D eigenvalue weighted by molar-refractivity contribution is 5.74. The van der Waals surface area contributed by atoms with Crippen LogP contribution in [0.3, 0.4) is 0 Å². The second kappa shape index (κ2) is 10.5. The molecule has 2 aromatic carbocycles. The molecule has 3 aromatic rings. The van der Waals surface area contributed by atoms with Crippen LogP contribution in [-0.2, 0) is 4.74 Å². The van der Waals surface area contributed by atoms with Crippen LogP contribution in [0.2, 0.25) is 0 Å². The minimum absolute atomic E-state index is 0.126. The molecular weight excluding hydrogens is 423 g/mol. The maximum Gasteiger partial charge on any atom is 0.317 e. The Morgan fingerprint density at radius 2 is 1.94 bits per heavy atom. The van der Waals surface area contributed by atoms with Crippen molar-refractivity contribution >= 4 is 6.03 Å². The largest absolute Gasteiger partial charge is 0.379 e. The molecule has 0 spiro atoms. The molecule has 9 heteroatoms. The van der Waals surface area contributed by atoms with Crippen LogP contribution >= 0.6 is 0 Å². The third-order valence-electron chi connectivity index (χ3n) is 6.13. The number of morpholine rings is 1. The lowest BCUT2D eigenvalue weighted by atomic mass is 10.0. The number of hydrogen-bond acceptors (Lipinski definition) is 5. The summed E-state index contributed by atoms with van der Waals surface area (Å²) in [6.07, 6.45) is 3.13. The Bertz CT molecular complexity index is 1040. The second-order valence-electron chi connectivity index (χ2n) is 8.12. The van der Waals surface area contributed by atoms with Crippen LogP contribution in [0.15, 0.2) is 61.2 Å². The van der Waals surface area contributed by atoms with Gasteiger partial charge in [0.25, 0.3) is 0 Å². The minimum Gasteiger partial charge on any atom is -0.379 e. The molecule has 1 N–H and O–H groups in total. The van der Waals surface area contributed by atoms with E-state index in [4.69, 9.17) is 4.74 Å². The van der Waals surface area contributed by atoms with Crippen molar-refractivity contribution in [2.45, 2.75) is 19.0 Å². The van der Waals surface area contributed by atoms with E-state index in [1.807, 2.05) is 37.3 Å².